The predicted molar refractivity (Wildman–Crippen MR) is 75.7 cm³/mol. The van der Waals surface area contributed by atoms with Gasteiger partial charge in [0.25, 0.3) is 0 Å². The smallest absolute Gasteiger partial charge is 0.248 e. The molecule has 92 valence electrons. The van der Waals surface area contributed by atoms with Crippen LogP contribution in [0.3, 0.4) is 0 Å². The molecule has 0 radical (unpaired) electrons. The van der Waals surface area contributed by atoms with Crippen molar-refractivity contribution in [1.29, 1.82) is 0 Å². The van der Waals surface area contributed by atoms with Crippen molar-refractivity contribution in [2.75, 3.05) is 0 Å². The molecule has 0 fully saturated rings. The van der Waals surface area contributed by atoms with Crippen LogP contribution in [0.2, 0.25) is 0 Å². The first kappa shape index (κ1) is 11.4. The van der Waals surface area contributed by atoms with Gasteiger partial charge >= 0.3 is 0 Å². The summed E-state index contributed by atoms with van der Waals surface area (Å²) in [7, 11) is 0. The van der Waals surface area contributed by atoms with E-state index in [0.717, 1.165) is 21.9 Å². The number of nitrogens with zero attached hydrogens (tertiary/aromatic N) is 1. The average molecular weight is 248 g/mol. The van der Waals surface area contributed by atoms with E-state index >= 15 is 0 Å². The number of primary amides is 1. The monoisotopic (exact) mass is 248 g/mol. The maximum absolute atomic E-state index is 11.0. The van der Waals surface area contributed by atoms with Crippen molar-refractivity contribution in [3.8, 4) is 11.1 Å². The van der Waals surface area contributed by atoms with Crippen LogP contribution in [0.15, 0.2) is 60.9 Å². The van der Waals surface area contributed by atoms with Gasteiger partial charge in [-0.3, -0.25) is 9.78 Å². The second-order valence-electron chi connectivity index (χ2n) is 4.38. The predicted octanol–water partition coefficient (Wildman–Crippen LogP) is 3.00. The topological polar surface area (TPSA) is 56.0 Å². The molecule has 0 aliphatic heterocycles. The van der Waals surface area contributed by atoms with E-state index in [2.05, 4.69) is 11.1 Å². The number of hydrogen-bond donors (Lipinski definition) is 1. The highest BCUT2D eigenvalue weighted by atomic mass is 16.1. The lowest BCUT2D eigenvalue weighted by Crippen LogP contribution is -2.10. The van der Waals surface area contributed by atoms with E-state index in [1.54, 1.807) is 18.3 Å². The van der Waals surface area contributed by atoms with E-state index in [1.807, 2.05) is 36.5 Å². The molecule has 0 atom stereocenters. The number of pyridine rings is 1. The standard InChI is InChI=1S/C16H12N2O/c17-16(19)12-3-1-11(2-4-12)13-5-6-15-10-18-8-7-14(15)9-13/h1-10H,(H2,17,19). The van der Waals surface area contributed by atoms with Crippen molar-refractivity contribution in [3.63, 3.8) is 0 Å². The van der Waals surface area contributed by atoms with Gasteiger partial charge in [0.05, 0.1) is 0 Å². The molecule has 0 saturated carbocycles. The van der Waals surface area contributed by atoms with E-state index < -0.39 is 5.91 Å². The van der Waals surface area contributed by atoms with Gasteiger partial charge in [-0.15, -0.1) is 0 Å². The van der Waals surface area contributed by atoms with Crippen molar-refractivity contribution < 1.29 is 4.79 Å². The number of carbonyl (C=O) groups is 1. The van der Waals surface area contributed by atoms with Gasteiger partial charge in [-0.05, 0) is 40.8 Å². The second kappa shape index (κ2) is 4.53. The van der Waals surface area contributed by atoms with Gasteiger partial charge in [-0.1, -0.05) is 24.3 Å². The molecule has 0 spiro atoms. The van der Waals surface area contributed by atoms with Crippen LogP contribution in [0, 0.1) is 0 Å². The SMILES string of the molecule is NC(=O)c1ccc(-c2ccc3cnccc3c2)cc1. The normalized spacial score (nSPS) is 10.5. The molecule has 3 heteroatoms. The lowest BCUT2D eigenvalue weighted by atomic mass is 10.0. The van der Waals surface area contributed by atoms with Crippen molar-refractivity contribution >= 4 is 16.7 Å². The van der Waals surface area contributed by atoms with E-state index in [0.29, 0.717) is 5.56 Å². The number of aromatic nitrogens is 1. The zero-order valence-corrected chi connectivity index (χ0v) is 10.2. The molecule has 1 heterocycles. The molecular weight excluding hydrogens is 236 g/mol. The third-order valence-electron chi connectivity index (χ3n) is 3.14. The molecule has 0 bridgehead atoms. The van der Waals surface area contributed by atoms with Crippen LogP contribution in [-0.4, -0.2) is 10.9 Å². The minimum absolute atomic E-state index is 0.406. The molecule has 3 nitrogen and oxygen atoms in total. The van der Waals surface area contributed by atoms with Crippen LogP contribution in [0.4, 0.5) is 0 Å². The molecule has 3 rings (SSSR count). The average Bonchev–Trinajstić information content (AvgIpc) is 2.47. The Kier molecular flexibility index (Phi) is 2.72. The highest BCUT2D eigenvalue weighted by Crippen LogP contribution is 2.24. The molecule has 0 saturated heterocycles. The van der Waals surface area contributed by atoms with Crippen LogP contribution in [0.25, 0.3) is 21.9 Å². The molecule has 2 N–H and O–H groups in total. The summed E-state index contributed by atoms with van der Waals surface area (Å²) in [5.74, 6) is -0.406. The number of rotatable bonds is 2. The molecule has 1 amide bonds. The van der Waals surface area contributed by atoms with E-state index in [4.69, 9.17) is 5.73 Å². The Morgan fingerprint density at radius 2 is 1.63 bits per heavy atom. The Labute approximate surface area is 110 Å². The Morgan fingerprint density at radius 3 is 2.37 bits per heavy atom. The number of fused-ring (bicyclic) bond motifs is 1. The Morgan fingerprint density at radius 1 is 0.895 bits per heavy atom. The zero-order valence-electron chi connectivity index (χ0n) is 10.2. The van der Waals surface area contributed by atoms with E-state index in [-0.39, 0.29) is 0 Å². The summed E-state index contributed by atoms with van der Waals surface area (Å²) in [6, 6.07) is 15.5. The largest absolute Gasteiger partial charge is 0.366 e. The van der Waals surface area contributed by atoms with E-state index in [1.165, 1.54) is 0 Å². The number of carbonyl (C=O) groups excluding carboxylic acids is 1. The van der Waals surface area contributed by atoms with Gasteiger partial charge in [-0.2, -0.15) is 0 Å². The van der Waals surface area contributed by atoms with Crippen molar-refractivity contribution in [2.24, 2.45) is 5.73 Å². The molecule has 0 unspecified atom stereocenters. The highest BCUT2D eigenvalue weighted by Gasteiger charge is 2.02. The first-order chi connectivity index (χ1) is 9.24. The van der Waals surface area contributed by atoms with Crippen LogP contribution in [0.5, 0.6) is 0 Å². The first-order valence-electron chi connectivity index (χ1n) is 5.98. The first-order valence-corrected chi connectivity index (χ1v) is 5.98. The van der Waals surface area contributed by atoms with Gasteiger partial charge in [-0.25, -0.2) is 0 Å². The molecule has 2 aromatic carbocycles. The number of nitrogens with two attached hydrogens (primary N) is 1. The molecule has 0 aliphatic carbocycles. The minimum Gasteiger partial charge on any atom is -0.366 e. The molecule has 3 aromatic rings. The van der Waals surface area contributed by atoms with Crippen molar-refractivity contribution in [1.82, 2.24) is 4.98 Å². The maximum Gasteiger partial charge on any atom is 0.248 e. The Bertz CT molecular complexity index is 748. The van der Waals surface area contributed by atoms with E-state index in [9.17, 15) is 4.79 Å². The summed E-state index contributed by atoms with van der Waals surface area (Å²) < 4.78 is 0. The lowest BCUT2D eigenvalue weighted by Gasteiger charge is -2.04. The lowest BCUT2D eigenvalue weighted by molar-refractivity contribution is 0.100. The van der Waals surface area contributed by atoms with Gasteiger partial charge in [0.15, 0.2) is 0 Å². The number of hydrogen-bond acceptors (Lipinski definition) is 2. The van der Waals surface area contributed by atoms with Crippen LogP contribution in [0.1, 0.15) is 10.4 Å². The third kappa shape index (κ3) is 2.18. The summed E-state index contributed by atoms with van der Waals surface area (Å²) in [5.41, 5.74) is 7.92. The van der Waals surface area contributed by atoms with Gasteiger partial charge in [0, 0.05) is 23.3 Å². The second-order valence-corrected chi connectivity index (χ2v) is 4.38. The van der Waals surface area contributed by atoms with Crippen LogP contribution in [-0.2, 0) is 0 Å². The summed E-state index contributed by atoms with van der Waals surface area (Å²) in [6.07, 6.45) is 3.62. The fourth-order valence-corrected chi connectivity index (χ4v) is 2.09. The fourth-order valence-electron chi connectivity index (χ4n) is 2.09. The summed E-state index contributed by atoms with van der Waals surface area (Å²) in [6.45, 7) is 0. The summed E-state index contributed by atoms with van der Waals surface area (Å²) in [5, 5.41) is 2.26. The fraction of sp³-hybridized carbons (Fsp3) is 0. The van der Waals surface area contributed by atoms with Crippen molar-refractivity contribution in [2.45, 2.75) is 0 Å². The molecular formula is C16H12N2O. The maximum atomic E-state index is 11.0. The number of benzene rings is 2. The van der Waals surface area contributed by atoms with Crippen molar-refractivity contribution in [3.05, 3.63) is 66.5 Å². The van der Waals surface area contributed by atoms with Gasteiger partial charge in [0.2, 0.25) is 5.91 Å². The number of amides is 1. The van der Waals surface area contributed by atoms with Crippen LogP contribution < -0.4 is 5.73 Å². The third-order valence-corrected chi connectivity index (χ3v) is 3.14. The minimum atomic E-state index is -0.406. The summed E-state index contributed by atoms with van der Waals surface area (Å²) in [4.78, 5) is 15.1. The van der Waals surface area contributed by atoms with Gasteiger partial charge in [0.1, 0.15) is 0 Å². The molecule has 19 heavy (non-hydrogen) atoms. The zero-order chi connectivity index (χ0) is 13.2. The quantitative estimate of drug-likeness (QED) is 0.758. The van der Waals surface area contributed by atoms with Crippen LogP contribution >= 0.6 is 0 Å². The summed E-state index contributed by atoms with van der Waals surface area (Å²) >= 11 is 0. The Hall–Kier alpha value is -2.68. The molecule has 1 aromatic heterocycles. The molecule has 0 aliphatic rings. The van der Waals surface area contributed by atoms with Gasteiger partial charge < -0.3 is 5.73 Å². The highest BCUT2D eigenvalue weighted by molar-refractivity contribution is 5.93. The Balaban J connectivity index is 2.06.